The molecule has 0 bridgehead atoms. The van der Waals surface area contributed by atoms with E-state index in [9.17, 15) is 4.79 Å². The van der Waals surface area contributed by atoms with E-state index in [-0.39, 0.29) is 5.97 Å². The van der Waals surface area contributed by atoms with Gasteiger partial charge in [0.05, 0.1) is 6.61 Å². The molecule has 0 N–H and O–H groups in total. The van der Waals surface area contributed by atoms with Crippen molar-refractivity contribution in [2.24, 2.45) is 5.92 Å². The maximum absolute atomic E-state index is 11.5. The van der Waals surface area contributed by atoms with E-state index in [2.05, 4.69) is 0 Å². The first-order valence-electron chi connectivity index (χ1n) is 5.58. The first-order chi connectivity index (χ1) is 7.99. The highest BCUT2D eigenvalue weighted by molar-refractivity contribution is 6.30. The van der Waals surface area contributed by atoms with E-state index in [0.717, 1.165) is 0 Å². The highest BCUT2D eigenvalue weighted by Gasteiger charge is 2.16. The van der Waals surface area contributed by atoms with E-state index in [1.807, 2.05) is 13.8 Å². The first kappa shape index (κ1) is 13.8. The van der Waals surface area contributed by atoms with E-state index in [1.165, 1.54) is 0 Å². The minimum absolute atomic E-state index is 0.321. The van der Waals surface area contributed by atoms with Gasteiger partial charge in [-0.1, -0.05) is 25.4 Å². The summed E-state index contributed by atoms with van der Waals surface area (Å²) in [5.74, 6) is 0.568. The molecule has 0 radical (unpaired) electrons. The summed E-state index contributed by atoms with van der Waals surface area (Å²) in [4.78, 5) is 11.5. The van der Waals surface area contributed by atoms with Crippen LogP contribution < -0.4 is 4.74 Å². The van der Waals surface area contributed by atoms with Crippen LogP contribution in [0.1, 0.15) is 20.8 Å². The van der Waals surface area contributed by atoms with Crippen molar-refractivity contribution in [3.63, 3.8) is 0 Å². The van der Waals surface area contributed by atoms with Crippen LogP contribution in [0.4, 0.5) is 0 Å². The van der Waals surface area contributed by atoms with Gasteiger partial charge in [0.25, 0.3) is 0 Å². The summed E-state index contributed by atoms with van der Waals surface area (Å²) in [5, 5.41) is 0.632. The molecule has 3 nitrogen and oxygen atoms in total. The predicted octanol–water partition coefficient (Wildman–Crippen LogP) is 3.31. The Bertz CT molecular complexity index is 359. The standard InChI is InChI=1S/C13H17ClO3/c1-9(2)8-16-13(15)10(3)17-12-6-4-11(14)5-7-12/h4-7,9-10H,8H2,1-3H3. The Balaban J connectivity index is 2.45. The maximum atomic E-state index is 11.5. The third kappa shape index (κ3) is 5.09. The van der Waals surface area contributed by atoms with Gasteiger partial charge in [0.15, 0.2) is 6.10 Å². The van der Waals surface area contributed by atoms with Crippen molar-refractivity contribution in [3.05, 3.63) is 29.3 Å². The SMILES string of the molecule is CC(C)COC(=O)C(C)Oc1ccc(Cl)cc1. The fraction of sp³-hybridized carbons (Fsp3) is 0.462. The normalized spacial score (nSPS) is 12.3. The largest absolute Gasteiger partial charge is 0.479 e. The molecule has 1 unspecified atom stereocenters. The van der Waals surface area contributed by atoms with Crippen LogP contribution in [-0.4, -0.2) is 18.7 Å². The molecule has 0 amide bonds. The minimum atomic E-state index is -0.616. The zero-order valence-corrected chi connectivity index (χ0v) is 11.0. The van der Waals surface area contributed by atoms with Crippen molar-refractivity contribution in [2.45, 2.75) is 26.9 Å². The van der Waals surface area contributed by atoms with Crippen molar-refractivity contribution in [1.82, 2.24) is 0 Å². The second-order valence-corrected chi connectivity index (χ2v) is 4.67. The number of hydrogen-bond donors (Lipinski definition) is 0. The summed E-state index contributed by atoms with van der Waals surface area (Å²) < 4.78 is 10.5. The highest BCUT2D eigenvalue weighted by Crippen LogP contribution is 2.17. The number of ether oxygens (including phenoxy) is 2. The number of hydrogen-bond acceptors (Lipinski definition) is 3. The van der Waals surface area contributed by atoms with E-state index >= 15 is 0 Å². The van der Waals surface area contributed by atoms with Gasteiger partial charge in [-0.2, -0.15) is 0 Å². The highest BCUT2D eigenvalue weighted by atomic mass is 35.5. The van der Waals surface area contributed by atoms with Crippen LogP contribution >= 0.6 is 11.6 Å². The Morgan fingerprint density at radius 1 is 1.24 bits per heavy atom. The summed E-state index contributed by atoms with van der Waals surface area (Å²) in [7, 11) is 0. The lowest BCUT2D eigenvalue weighted by atomic mass is 10.2. The molecule has 1 aromatic rings. The minimum Gasteiger partial charge on any atom is -0.479 e. The number of rotatable bonds is 5. The van der Waals surface area contributed by atoms with Crippen molar-refractivity contribution >= 4 is 17.6 Å². The van der Waals surface area contributed by atoms with Gasteiger partial charge in [-0.15, -0.1) is 0 Å². The fourth-order valence-corrected chi connectivity index (χ4v) is 1.26. The summed E-state index contributed by atoms with van der Waals surface area (Å²) >= 11 is 5.75. The van der Waals surface area contributed by atoms with Crippen LogP contribution in [0, 0.1) is 5.92 Å². The first-order valence-corrected chi connectivity index (χ1v) is 5.95. The van der Waals surface area contributed by atoms with Crippen LogP contribution in [0.2, 0.25) is 5.02 Å². The van der Waals surface area contributed by atoms with Gasteiger partial charge >= 0.3 is 5.97 Å². The van der Waals surface area contributed by atoms with Gasteiger partial charge in [0, 0.05) is 5.02 Å². The summed E-state index contributed by atoms with van der Waals surface area (Å²) in [5.41, 5.74) is 0. The van der Waals surface area contributed by atoms with E-state index in [4.69, 9.17) is 21.1 Å². The van der Waals surface area contributed by atoms with Crippen molar-refractivity contribution in [1.29, 1.82) is 0 Å². The van der Waals surface area contributed by atoms with Gasteiger partial charge in [-0.05, 0) is 37.1 Å². The molecule has 0 spiro atoms. The van der Waals surface area contributed by atoms with Crippen LogP contribution in [0.15, 0.2) is 24.3 Å². The van der Waals surface area contributed by atoms with Gasteiger partial charge in [-0.25, -0.2) is 4.79 Å². The Labute approximate surface area is 107 Å². The lowest BCUT2D eigenvalue weighted by Crippen LogP contribution is -2.27. The molecule has 0 aromatic heterocycles. The molecular weight excluding hydrogens is 240 g/mol. The molecule has 0 heterocycles. The fourth-order valence-electron chi connectivity index (χ4n) is 1.13. The molecule has 0 fully saturated rings. The topological polar surface area (TPSA) is 35.5 Å². The van der Waals surface area contributed by atoms with Gasteiger partial charge in [0.1, 0.15) is 5.75 Å². The molecule has 1 rings (SSSR count). The average Bonchev–Trinajstić information content (AvgIpc) is 2.28. The lowest BCUT2D eigenvalue weighted by molar-refractivity contribution is -0.152. The van der Waals surface area contributed by atoms with Crippen LogP contribution in [0.5, 0.6) is 5.75 Å². The molecule has 4 heteroatoms. The van der Waals surface area contributed by atoms with Crippen LogP contribution in [-0.2, 0) is 9.53 Å². The monoisotopic (exact) mass is 256 g/mol. The van der Waals surface area contributed by atoms with Crippen LogP contribution in [0.3, 0.4) is 0 Å². The zero-order valence-electron chi connectivity index (χ0n) is 10.3. The Kier molecular flexibility index (Phi) is 5.29. The smallest absolute Gasteiger partial charge is 0.347 e. The zero-order chi connectivity index (χ0) is 12.8. The molecule has 0 saturated heterocycles. The van der Waals surface area contributed by atoms with Gasteiger partial charge < -0.3 is 9.47 Å². The van der Waals surface area contributed by atoms with E-state index in [0.29, 0.717) is 23.3 Å². The number of esters is 1. The summed E-state index contributed by atoms with van der Waals surface area (Å²) in [6.07, 6.45) is -0.616. The molecule has 0 aliphatic carbocycles. The van der Waals surface area contributed by atoms with Gasteiger partial charge in [0.2, 0.25) is 0 Å². The lowest BCUT2D eigenvalue weighted by Gasteiger charge is -2.14. The molecule has 1 aromatic carbocycles. The molecule has 0 aliphatic rings. The summed E-state index contributed by atoms with van der Waals surface area (Å²) in [6, 6.07) is 6.86. The number of carbonyl (C=O) groups is 1. The number of benzene rings is 1. The number of carbonyl (C=O) groups excluding carboxylic acids is 1. The van der Waals surface area contributed by atoms with Crippen molar-refractivity contribution < 1.29 is 14.3 Å². The third-order valence-corrected chi connectivity index (χ3v) is 2.27. The molecule has 0 saturated carbocycles. The maximum Gasteiger partial charge on any atom is 0.347 e. The second-order valence-electron chi connectivity index (χ2n) is 4.24. The van der Waals surface area contributed by atoms with E-state index < -0.39 is 6.10 Å². The third-order valence-electron chi connectivity index (χ3n) is 2.02. The van der Waals surface area contributed by atoms with Crippen molar-refractivity contribution in [2.75, 3.05) is 6.61 Å². The van der Waals surface area contributed by atoms with Crippen LogP contribution in [0.25, 0.3) is 0 Å². The van der Waals surface area contributed by atoms with E-state index in [1.54, 1.807) is 31.2 Å². The predicted molar refractivity (Wildman–Crippen MR) is 67.3 cm³/mol. The Morgan fingerprint density at radius 3 is 2.35 bits per heavy atom. The quantitative estimate of drug-likeness (QED) is 0.759. The molecule has 1 atom stereocenters. The van der Waals surface area contributed by atoms with Gasteiger partial charge in [-0.3, -0.25) is 0 Å². The molecule has 17 heavy (non-hydrogen) atoms. The Morgan fingerprint density at radius 2 is 1.82 bits per heavy atom. The summed E-state index contributed by atoms with van der Waals surface area (Å²) in [6.45, 7) is 6.04. The second kappa shape index (κ2) is 6.50. The molecular formula is C13H17ClO3. The molecule has 0 aliphatic heterocycles. The molecule has 94 valence electrons. The van der Waals surface area contributed by atoms with Crippen molar-refractivity contribution in [3.8, 4) is 5.75 Å². The Hall–Kier alpha value is -1.22. The average molecular weight is 257 g/mol. The number of halogens is 1.